The zero-order valence-corrected chi connectivity index (χ0v) is 13.2. The Balaban J connectivity index is 2.08. The van der Waals surface area contributed by atoms with E-state index in [0.29, 0.717) is 17.9 Å². The van der Waals surface area contributed by atoms with Crippen LogP contribution in [0.15, 0.2) is 0 Å². The van der Waals surface area contributed by atoms with E-state index in [1.807, 2.05) is 7.05 Å². The van der Waals surface area contributed by atoms with Crippen LogP contribution in [0.5, 0.6) is 0 Å². The summed E-state index contributed by atoms with van der Waals surface area (Å²) in [7, 11) is 4.19. The van der Waals surface area contributed by atoms with Gasteiger partial charge in [0.15, 0.2) is 0 Å². The van der Waals surface area contributed by atoms with Crippen molar-refractivity contribution in [1.82, 2.24) is 19.9 Å². The third-order valence-electron chi connectivity index (χ3n) is 3.68. The molecule has 112 valence electrons. The highest BCUT2D eigenvalue weighted by Gasteiger charge is 2.23. The Labute approximate surface area is 125 Å². The van der Waals surface area contributed by atoms with Gasteiger partial charge in [0, 0.05) is 19.6 Å². The van der Waals surface area contributed by atoms with Gasteiger partial charge in [0.05, 0.1) is 0 Å². The first kappa shape index (κ1) is 15.3. The number of halogens is 1. The summed E-state index contributed by atoms with van der Waals surface area (Å²) in [5.41, 5.74) is 0. The number of nitrogens with one attached hydrogen (secondary N) is 1. The molecule has 6 nitrogen and oxygen atoms in total. The molecule has 0 aromatic carbocycles. The average Bonchev–Trinajstić information content (AvgIpc) is 2.44. The standard InChI is InChI=1S/C13H23ClN6/c1-4-7-15-12-16-11(14)17-13(18-12)20(3)10-5-8-19(2)9-6-10/h10H,4-9H2,1-3H3,(H,15,16,17,18). The van der Waals surface area contributed by atoms with Crippen LogP contribution in [-0.2, 0) is 0 Å². The molecule has 0 unspecified atom stereocenters. The van der Waals surface area contributed by atoms with Gasteiger partial charge in [-0.05, 0) is 51.0 Å². The summed E-state index contributed by atoms with van der Waals surface area (Å²) in [5.74, 6) is 1.21. The quantitative estimate of drug-likeness (QED) is 0.896. The lowest BCUT2D eigenvalue weighted by atomic mass is 10.0. The van der Waals surface area contributed by atoms with E-state index in [0.717, 1.165) is 38.9 Å². The Morgan fingerprint density at radius 1 is 1.30 bits per heavy atom. The minimum absolute atomic E-state index is 0.244. The second kappa shape index (κ2) is 7.04. The number of anilines is 2. The van der Waals surface area contributed by atoms with Gasteiger partial charge in [0.2, 0.25) is 17.2 Å². The summed E-state index contributed by atoms with van der Waals surface area (Å²) in [6.45, 7) is 5.14. The normalized spacial score (nSPS) is 17.2. The van der Waals surface area contributed by atoms with Crippen LogP contribution < -0.4 is 10.2 Å². The fraction of sp³-hybridized carbons (Fsp3) is 0.769. The molecule has 0 aliphatic carbocycles. The van der Waals surface area contributed by atoms with Crippen molar-refractivity contribution in [2.45, 2.75) is 32.2 Å². The summed E-state index contributed by atoms with van der Waals surface area (Å²) in [4.78, 5) is 17.3. The summed E-state index contributed by atoms with van der Waals surface area (Å²) in [6.07, 6.45) is 3.26. The van der Waals surface area contributed by atoms with E-state index < -0.39 is 0 Å². The predicted molar refractivity (Wildman–Crippen MR) is 82.5 cm³/mol. The van der Waals surface area contributed by atoms with Gasteiger partial charge in [-0.2, -0.15) is 15.0 Å². The van der Waals surface area contributed by atoms with Gasteiger partial charge in [-0.25, -0.2) is 0 Å². The van der Waals surface area contributed by atoms with Crippen molar-refractivity contribution in [1.29, 1.82) is 0 Å². The molecule has 7 heteroatoms. The highest BCUT2D eigenvalue weighted by atomic mass is 35.5. The summed E-state index contributed by atoms with van der Waals surface area (Å²) in [5, 5.41) is 3.40. The molecule has 2 rings (SSSR count). The maximum Gasteiger partial charge on any atom is 0.231 e. The molecule has 1 aliphatic rings. The topological polar surface area (TPSA) is 57.2 Å². The number of piperidine rings is 1. The number of nitrogens with zero attached hydrogens (tertiary/aromatic N) is 5. The minimum Gasteiger partial charge on any atom is -0.354 e. The molecule has 1 aromatic heterocycles. The summed E-state index contributed by atoms with van der Waals surface area (Å²) < 4.78 is 0. The van der Waals surface area contributed by atoms with E-state index in [9.17, 15) is 0 Å². The summed E-state index contributed by atoms with van der Waals surface area (Å²) >= 11 is 6.00. The van der Waals surface area contributed by atoms with Crippen molar-refractivity contribution in [2.24, 2.45) is 0 Å². The number of likely N-dealkylation sites (tertiary alicyclic amines) is 1. The fourth-order valence-electron chi connectivity index (χ4n) is 2.36. The van der Waals surface area contributed by atoms with Crippen molar-refractivity contribution in [2.75, 3.05) is 43.9 Å². The van der Waals surface area contributed by atoms with Crippen LogP contribution in [0.2, 0.25) is 5.28 Å². The third kappa shape index (κ3) is 3.93. The Morgan fingerprint density at radius 3 is 2.65 bits per heavy atom. The van der Waals surface area contributed by atoms with Gasteiger partial charge in [-0.1, -0.05) is 6.92 Å². The molecule has 0 amide bonds. The molecule has 2 heterocycles. The van der Waals surface area contributed by atoms with Crippen molar-refractivity contribution < 1.29 is 0 Å². The van der Waals surface area contributed by atoms with Crippen LogP contribution in [0, 0.1) is 0 Å². The lowest BCUT2D eigenvalue weighted by Crippen LogP contribution is -2.42. The molecular formula is C13H23ClN6. The Kier molecular flexibility index (Phi) is 5.37. The van der Waals surface area contributed by atoms with Crippen LogP contribution in [0.3, 0.4) is 0 Å². The second-order valence-electron chi connectivity index (χ2n) is 5.30. The van der Waals surface area contributed by atoms with Gasteiger partial charge in [0.1, 0.15) is 0 Å². The molecule has 0 saturated carbocycles. The molecule has 0 bridgehead atoms. The molecule has 1 N–H and O–H groups in total. The molecule has 1 aliphatic heterocycles. The van der Waals surface area contributed by atoms with Gasteiger partial charge in [-0.3, -0.25) is 0 Å². The van der Waals surface area contributed by atoms with Gasteiger partial charge in [-0.15, -0.1) is 0 Å². The third-order valence-corrected chi connectivity index (χ3v) is 3.85. The number of aromatic nitrogens is 3. The lowest BCUT2D eigenvalue weighted by molar-refractivity contribution is 0.252. The predicted octanol–water partition coefficient (Wildman–Crippen LogP) is 1.88. The molecule has 1 aromatic rings. The fourth-order valence-corrected chi connectivity index (χ4v) is 2.51. The van der Waals surface area contributed by atoms with Crippen molar-refractivity contribution in [3.05, 3.63) is 5.28 Å². The maximum absolute atomic E-state index is 6.00. The van der Waals surface area contributed by atoms with Gasteiger partial charge >= 0.3 is 0 Å². The molecule has 0 atom stereocenters. The Morgan fingerprint density at radius 2 is 2.00 bits per heavy atom. The number of hydrogen-bond donors (Lipinski definition) is 1. The molecule has 1 saturated heterocycles. The zero-order valence-electron chi connectivity index (χ0n) is 12.4. The molecule has 0 radical (unpaired) electrons. The largest absolute Gasteiger partial charge is 0.354 e. The summed E-state index contributed by atoms with van der Waals surface area (Å²) in [6, 6.07) is 0.462. The van der Waals surface area contributed by atoms with E-state index in [-0.39, 0.29) is 5.28 Å². The SMILES string of the molecule is CCCNc1nc(Cl)nc(N(C)C2CCN(C)CC2)n1. The molecule has 1 fully saturated rings. The molecular weight excluding hydrogens is 276 g/mol. The van der Waals surface area contributed by atoms with E-state index in [2.05, 4.69) is 44.0 Å². The van der Waals surface area contributed by atoms with Gasteiger partial charge in [0.25, 0.3) is 0 Å². The maximum atomic E-state index is 6.00. The highest BCUT2D eigenvalue weighted by Crippen LogP contribution is 2.20. The lowest BCUT2D eigenvalue weighted by Gasteiger charge is -2.35. The van der Waals surface area contributed by atoms with Crippen molar-refractivity contribution in [3.8, 4) is 0 Å². The first-order chi connectivity index (χ1) is 9.60. The minimum atomic E-state index is 0.244. The first-order valence-electron chi connectivity index (χ1n) is 7.17. The monoisotopic (exact) mass is 298 g/mol. The Hall–Kier alpha value is -1.14. The first-order valence-corrected chi connectivity index (χ1v) is 7.54. The van der Waals surface area contributed by atoms with E-state index in [4.69, 9.17) is 11.6 Å². The molecule has 20 heavy (non-hydrogen) atoms. The number of hydrogen-bond acceptors (Lipinski definition) is 6. The van der Waals surface area contributed by atoms with Crippen LogP contribution in [0.4, 0.5) is 11.9 Å². The molecule has 0 spiro atoms. The van der Waals surface area contributed by atoms with Crippen LogP contribution in [-0.4, -0.2) is 59.6 Å². The Bertz CT molecular complexity index is 433. The van der Waals surface area contributed by atoms with E-state index in [1.54, 1.807) is 0 Å². The van der Waals surface area contributed by atoms with Crippen molar-refractivity contribution in [3.63, 3.8) is 0 Å². The van der Waals surface area contributed by atoms with Crippen LogP contribution in [0.25, 0.3) is 0 Å². The van der Waals surface area contributed by atoms with Crippen LogP contribution >= 0.6 is 11.6 Å². The second-order valence-corrected chi connectivity index (χ2v) is 5.64. The van der Waals surface area contributed by atoms with Gasteiger partial charge < -0.3 is 15.1 Å². The highest BCUT2D eigenvalue weighted by molar-refractivity contribution is 6.28. The van der Waals surface area contributed by atoms with E-state index in [1.165, 1.54) is 0 Å². The van der Waals surface area contributed by atoms with E-state index >= 15 is 0 Å². The average molecular weight is 299 g/mol. The zero-order chi connectivity index (χ0) is 14.5. The van der Waals surface area contributed by atoms with Crippen LogP contribution in [0.1, 0.15) is 26.2 Å². The smallest absolute Gasteiger partial charge is 0.231 e. The van der Waals surface area contributed by atoms with Crippen molar-refractivity contribution >= 4 is 23.5 Å². The number of rotatable bonds is 5.